The number of rotatable bonds is 4. The normalized spacial score (nSPS) is 10.4. The number of nitrogens with zero attached hydrogens (tertiary/aromatic N) is 2. The van der Waals surface area contributed by atoms with Crippen LogP contribution in [0.15, 0.2) is 53.4 Å². The Morgan fingerprint density at radius 2 is 1.28 bits per heavy atom. The lowest BCUT2D eigenvalue weighted by molar-refractivity contribution is -0.104. The first-order chi connectivity index (χ1) is 11.9. The molecule has 0 saturated heterocycles. The van der Waals surface area contributed by atoms with Crippen LogP contribution in [-0.4, -0.2) is 11.8 Å². The second kappa shape index (κ2) is 7.69. The molecule has 3 nitrogen and oxygen atoms in total. The number of hydrogen-bond donors (Lipinski definition) is 0. The molecule has 2 rings (SSSR count). The quantitative estimate of drug-likeness (QED) is 0.590. The van der Waals surface area contributed by atoms with Crippen molar-refractivity contribution in [3.8, 4) is 12.1 Å². The summed E-state index contributed by atoms with van der Waals surface area (Å²) in [5, 5.41) is 17.7. The van der Waals surface area contributed by atoms with Gasteiger partial charge in [0, 0.05) is 5.57 Å². The van der Waals surface area contributed by atoms with Crippen molar-refractivity contribution in [2.45, 2.75) is 5.51 Å². The molecule has 0 saturated carbocycles. The van der Waals surface area contributed by atoms with Crippen LogP contribution in [0.2, 0.25) is 0 Å². The maximum absolute atomic E-state index is 12.8. The number of aldehydes is 1. The van der Waals surface area contributed by atoms with E-state index in [4.69, 9.17) is 10.5 Å². The summed E-state index contributed by atoms with van der Waals surface area (Å²) >= 11 is -0.499. The Labute approximate surface area is 146 Å². The average Bonchev–Trinajstić information content (AvgIpc) is 2.61. The maximum Gasteiger partial charge on any atom is 0.446 e. The summed E-state index contributed by atoms with van der Waals surface area (Å²) in [5.74, 6) is 0. The summed E-state index contributed by atoms with van der Waals surface area (Å²) in [6.07, 6.45) is 0.157. The fourth-order valence-corrected chi connectivity index (χ4v) is 2.77. The first-order valence-electron chi connectivity index (χ1n) is 6.84. The Balaban J connectivity index is 2.66. The lowest BCUT2D eigenvalue weighted by atomic mass is 9.96. The third-order valence-corrected chi connectivity index (χ3v) is 3.94. The van der Waals surface area contributed by atoms with Gasteiger partial charge in [-0.15, -0.1) is 0 Å². The largest absolute Gasteiger partial charge is 0.446 e. The van der Waals surface area contributed by atoms with Crippen molar-refractivity contribution in [1.82, 2.24) is 0 Å². The zero-order valence-corrected chi connectivity index (χ0v) is 13.4. The van der Waals surface area contributed by atoms with E-state index in [0.717, 1.165) is 0 Å². The molecule has 2 aromatic carbocycles. The Bertz CT molecular complexity index is 827. The van der Waals surface area contributed by atoms with Gasteiger partial charge in [0.2, 0.25) is 0 Å². The summed E-state index contributed by atoms with van der Waals surface area (Å²) in [6.45, 7) is 0. The van der Waals surface area contributed by atoms with Gasteiger partial charge in [0.05, 0.1) is 28.2 Å². The van der Waals surface area contributed by atoms with E-state index in [-0.39, 0.29) is 11.9 Å². The standard InChI is InChI=1S/C18H9F3N2OS/c19-18(20,21)25-16(11-24)17(14-5-1-12(9-22)2-6-14)15-7-3-13(10-23)4-8-15/h1-8,11H. The molecule has 0 spiro atoms. The van der Waals surface area contributed by atoms with Crippen molar-refractivity contribution >= 4 is 23.6 Å². The summed E-state index contributed by atoms with van der Waals surface area (Å²) in [4.78, 5) is 10.8. The summed E-state index contributed by atoms with van der Waals surface area (Å²) in [7, 11) is 0. The van der Waals surface area contributed by atoms with Crippen LogP contribution in [0.1, 0.15) is 22.3 Å². The predicted molar refractivity (Wildman–Crippen MR) is 88.0 cm³/mol. The van der Waals surface area contributed by atoms with Crippen LogP contribution in [0.25, 0.3) is 5.57 Å². The Kier molecular flexibility index (Phi) is 5.63. The van der Waals surface area contributed by atoms with Crippen molar-refractivity contribution in [1.29, 1.82) is 10.5 Å². The highest BCUT2D eigenvalue weighted by Crippen LogP contribution is 2.41. The molecule has 0 aromatic heterocycles. The van der Waals surface area contributed by atoms with Crippen LogP contribution < -0.4 is 0 Å². The Hall–Kier alpha value is -3.03. The van der Waals surface area contributed by atoms with E-state index in [1.54, 1.807) is 0 Å². The van der Waals surface area contributed by atoms with Gasteiger partial charge in [-0.2, -0.15) is 23.7 Å². The molecule has 0 aliphatic heterocycles. The van der Waals surface area contributed by atoms with Gasteiger partial charge in [0.1, 0.15) is 0 Å². The first kappa shape index (κ1) is 18.3. The highest BCUT2D eigenvalue weighted by Gasteiger charge is 2.32. The zero-order valence-electron chi connectivity index (χ0n) is 12.5. The number of alkyl halides is 3. The number of halogens is 3. The van der Waals surface area contributed by atoms with Crippen molar-refractivity contribution in [2.75, 3.05) is 0 Å². The number of carbonyl (C=O) groups is 1. The first-order valence-corrected chi connectivity index (χ1v) is 7.66. The van der Waals surface area contributed by atoms with Crippen molar-refractivity contribution in [2.24, 2.45) is 0 Å². The number of allylic oxidation sites excluding steroid dienone is 1. The molecule has 0 aliphatic carbocycles. The molecule has 0 bridgehead atoms. The average molecular weight is 358 g/mol. The van der Waals surface area contributed by atoms with Gasteiger partial charge in [-0.25, -0.2) is 0 Å². The van der Waals surface area contributed by atoms with E-state index in [9.17, 15) is 18.0 Å². The Morgan fingerprint density at radius 3 is 1.56 bits per heavy atom. The molecule has 0 fully saturated rings. The summed E-state index contributed by atoms with van der Waals surface area (Å²) in [5.41, 5.74) is -3.12. The minimum atomic E-state index is -4.62. The zero-order chi connectivity index (χ0) is 18.4. The van der Waals surface area contributed by atoms with Gasteiger partial charge in [-0.05, 0) is 47.2 Å². The summed E-state index contributed by atoms with van der Waals surface area (Å²) in [6, 6.07) is 15.6. The fourth-order valence-electron chi connectivity index (χ4n) is 2.13. The van der Waals surface area contributed by atoms with Crippen LogP contribution in [0.3, 0.4) is 0 Å². The molecule has 0 unspecified atom stereocenters. The van der Waals surface area contributed by atoms with Crippen molar-refractivity contribution in [3.05, 3.63) is 75.7 Å². The Morgan fingerprint density at radius 1 is 0.880 bits per heavy atom. The molecule has 0 N–H and O–H groups in total. The summed E-state index contributed by atoms with van der Waals surface area (Å²) < 4.78 is 38.4. The van der Waals surface area contributed by atoms with E-state index < -0.39 is 22.2 Å². The van der Waals surface area contributed by atoms with Crippen molar-refractivity contribution < 1.29 is 18.0 Å². The van der Waals surface area contributed by atoms with Crippen LogP contribution in [0.5, 0.6) is 0 Å². The monoisotopic (exact) mass is 358 g/mol. The smallest absolute Gasteiger partial charge is 0.297 e. The van der Waals surface area contributed by atoms with E-state index in [1.165, 1.54) is 48.5 Å². The molecule has 0 amide bonds. The third-order valence-electron chi connectivity index (χ3n) is 3.18. The third kappa shape index (κ3) is 4.72. The number of carbonyl (C=O) groups excluding carboxylic acids is 1. The SMILES string of the molecule is N#Cc1ccc(C(=C(C=O)SC(F)(F)F)c2ccc(C#N)cc2)cc1. The van der Waals surface area contributed by atoms with E-state index >= 15 is 0 Å². The molecular formula is C18H9F3N2OS. The molecule has 2 aromatic rings. The van der Waals surface area contributed by atoms with Crippen LogP contribution in [-0.2, 0) is 4.79 Å². The molecule has 0 heterocycles. The van der Waals surface area contributed by atoms with Crippen LogP contribution in [0, 0.1) is 22.7 Å². The van der Waals surface area contributed by atoms with Gasteiger partial charge in [0.25, 0.3) is 0 Å². The van der Waals surface area contributed by atoms with Gasteiger partial charge in [-0.1, -0.05) is 24.3 Å². The molecule has 7 heteroatoms. The minimum Gasteiger partial charge on any atom is -0.297 e. The fraction of sp³-hybridized carbons (Fsp3) is 0.0556. The highest BCUT2D eigenvalue weighted by atomic mass is 32.2. The van der Waals surface area contributed by atoms with E-state index in [0.29, 0.717) is 22.3 Å². The topological polar surface area (TPSA) is 64.7 Å². The second-order valence-electron chi connectivity index (χ2n) is 4.78. The molecule has 0 atom stereocenters. The molecule has 0 radical (unpaired) electrons. The number of hydrogen-bond acceptors (Lipinski definition) is 4. The van der Waals surface area contributed by atoms with Gasteiger partial charge < -0.3 is 0 Å². The number of benzene rings is 2. The molecule has 0 aliphatic rings. The maximum atomic E-state index is 12.8. The van der Waals surface area contributed by atoms with E-state index in [2.05, 4.69) is 0 Å². The van der Waals surface area contributed by atoms with Crippen molar-refractivity contribution in [3.63, 3.8) is 0 Å². The van der Waals surface area contributed by atoms with Gasteiger partial charge in [-0.3, -0.25) is 4.79 Å². The number of thioether (sulfide) groups is 1. The molecule has 124 valence electrons. The highest BCUT2D eigenvalue weighted by molar-refractivity contribution is 8.04. The van der Waals surface area contributed by atoms with Crippen LogP contribution >= 0.6 is 11.8 Å². The minimum absolute atomic E-state index is 0.0892. The number of nitriles is 2. The van der Waals surface area contributed by atoms with Crippen LogP contribution in [0.4, 0.5) is 13.2 Å². The van der Waals surface area contributed by atoms with Gasteiger partial charge >= 0.3 is 5.51 Å². The lowest BCUT2D eigenvalue weighted by Gasteiger charge is -2.14. The predicted octanol–water partition coefficient (Wildman–Crippen LogP) is 4.64. The molecule has 25 heavy (non-hydrogen) atoms. The molecular weight excluding hydrogens is 349 g/mol. The van der Waals surface area contributed by atoms with E-state index in [1.807, 2.05) is 12.1 Å². The van der Waals surface area contributed by atoms with Gasteiger partial charge in [0.15, 0.2) is 6.29 Å². The lowest BCUT2D eigenvalue weighted by Crippen LogP contribution is -2.04. The second-order valence-corrected chi connectivity index (χ2v) is 5.89.